The highest BCUT2D eigenvalue weighted by Gasteiger charge is 2.38. The lowest BCUT2D eigenvalue weighted by molar-refractivity contribution is -0.142. The summed E-state index contributed by atoms with van der Waals surface area (Å²) in [5.41, 5.74) is 5.22. The molecule has 0 aliphatic carbocycles. The van der Waals surface area contributed by atoms with Gasteiger partial charge in [-0.1, -0.05) is 85.8 Å². The number of hydrogen-bond donors (Lipinski definition) is 3. The number of carbonyl (C=O) groups excluding carboxylic acids is 2. The standard InChI is InChI=1S/C40H40N4O4/c1-5-40(38(46)47,42-36-17-10-9-16-35(36)37(45)30-12-7-6-8-13-30)27-28-18-20-29(21-19-28)31-14-11-15-34(26-31)44(4)39(48)41-32-22-24-33(25-23-32)43(2)3/h6-26,42H,5,27H2,1-4H3,(H,41,48)(H,46,47)/t40-/m0/s1. The van der Waals surface area contributed by atoms with E-state index in [2.05, 4.69) is 10.6 Å². The molecule has 0 fully saturated rings. The second kappa shape index (κ2) is 14.7. The van der Waals surface area contributed by atoms with Crippen LogP contribution in [0.2, 0.25) is 0 Å². The summed E-state index contributed by atoms with van der Waals surface area (Å²) in [6, 6.07) is 38.8. The number of benzene rings is 5. The molecule has 0 radical (unpaired) electrons. The maximum Gasteiger partial charge on any atom is 0.329 e. The average molecular weight is 641 g/mol. The van der Waals surface area contributed by atoms with Crippen LogP contribution >= 0.6 is 0 Å². The first-order valence-electron chi connectivity index (χ1n) is 15.8. The van der Waals surface area contributed by atoms with Gasteiger partial charge in [-0.3, -0.25) is 9.69 Å². The third-order valence-corrected chi connectivity index (χ3v) is 8.56. The number of hydrogen-bond acceptors (Lipinski definition) is 5. The second-order valence-corrected chi connectivity index (χ2v) is 12.0. The third-order valence-electron chi connectivity index (χ3n) is 8.56. The SMILES string of the molecule is CC[C@@](Cc1ccc(-c2cccc(N(C)C(=O)Nc3ccc(N(C)C)cc3)c2)cc1)(Nc1ccccc1C(=O)c1ccccc1)C(=O)O. The Hall–Kier alpha value is -5.89. The van der Waals surface area contributed by atoms with E-state index in [1.807, 2.05) is 105 Å². The number of urea groups is 1. The van der Waals surface area contributed by atoms with Gasteiger partial charge in [-0.2, -0.15) is 0 Å². The van der Waals surface area contributed by atoms with Crippen LogP contribution in [0.15, 0.2) is 127 Å². The Kier molecular flexibility index (Phi) is 10.2. The Bertz CT molecular complexity index is 1890. The van der Waals surface area contributed by atoms with Crippen LogP contribution in [0.3, 0.4) is 0 Å². The molecular weight excluding hydrogens is 600 g/mol. The van der Waals surface area contributed by atoms with Gasteiger partial charge in [0, 0.05) is 61.4 Å². The number of ketones is 1. The molecule has 1 atom stereocenters. The largest absolute Gasteiger partial charge is 0.479 e. The van der Waals surface area contributed by atoms with Crippen molar-refractivity contribution in [3.8, 4) is 11.1 Å². The third kappa shape index (κ3) is 7.56. The number of para-hydroxylation sites is 1. The molecular formula is C40H40N4O4. The maximum absolute atomic E-state index is 13.3. The van der Waals surface area contributed by atoms with Gasteiger partial charge in [0.05, 0.1) is 0 Å². The summed E-state index contributed by atoms with van der Waals surface area (Å²) in [4.78, 5) is 42.8. The predicted octanol–water partition coefficient (Wildman–Crippen LogP) is 8.21. The van der Waals surface area contributed by atoms with E-state index in [1.54, 1.807) is 60.5 Å². The number of nitrogens with zero attached hydrogens (tertiary/aromatic N) is 2. The van der Waals surface area contributed by atoms with Gasteiger partial charge in [-0.05, 0) is 71.6 Å². The number of carboxylic acid groups (broad SMARTS) is 1. The average Bonchev–Trinajstić information content (AvgIpc) is 3.11. The summed E-state index contributed by atoms with van der Waals surface area (Å²) in [6.45, 7) is 1.83. The number of rotatable bonds is 12. The van der Waals surface area contributed by atoms with E-state index in [1.165, 1.54) is 0 Å². The van der Waals surface area contributed by atoms with Gasteiger partial charge < -0.3 is 20.6 Å². The van der Waals surface area contributed by atoms with Crippen molar-refractivity contribution in [3.05, 3.63) is 144 Å². The molecule has 48 heavy (non-hydrogen) atoms. The van der Waals surface area contributed by atoms with Crippen LogP contribution in [0.25, 0.3) is 11.1 Å². The number of carboxylic acids is 1. The molecule has 0 unspecified atom stereocenters. The summed E-state index contributed by atoms with van der Waals surface area (Å²) in [6.07, 6.45) is 0.486. The molecule has 0 saturated heterocycles. The van der Waals surface area contributed by atoms with E-state index in [4.69, 9.17) is 0 Å². The van der Waals surface area contributed by atoms with Gasteiger partial charge in [0.25, 0.3) is 0 Å². The molecule has 0 aromatic heterocycles. The molecule has 0 aliphatic heterocycles. The Labute approximate surface area is 281 Å². The molecule has 3 N–H and O–H groups in total. The van der Waals surface area contributed by atoms with E-state index < -0.39 is 11.5 Å². The van der Waals surface area contributed by atoms with Crippen LogP contribution in [-0.4, -0.2) is 49.6 Å². The molecule has 5 aromatic carbocycles. The van der Waals surface area contributed by atoms with Crippen LogP contribution in [0, 0.1) is 0 Å². The topological polar surface area (TPSA) is 102 Å². The molecule has 0 spiro atoms. The quantitative estimate of drug-likeness (QED) is 0.119. The van der Waals surface area contributed by atoms with E-state index in [9.17, 15) is 19.5 Å². The Morgan fingerprint density at radius 1 is 0.708 bits per heavy atom. The van der Waals surface area contributed by atoms with Crippen molar-refractivity contribution < 1.29 is 19.5 Å². The molecule has 8 heteroatoms. The molecule has 244 valence electrons. The fraction of sp³-hybridized carbons (Fsp3) is 0.175. The summed E-state index contributed by atoms with van der Waals surface area (Å²) < 4.78 is 0. The highest BCUT2D eigenvalue weighted by atomic mass is 16.4. The zero-order valence-corrected chi connectivity index (χ0v) is 27.6. The summed E-state index contributed by atoms with van der Waals surface area (Å²) in [5, 5.41) is 16.7. The van der Waals surface area contributed by atoms with Crippen LogP contribution in [0.5, 0.6) is 0 Å². The van der Waals surface area contributed by atoms with Gasteiger partial charge in [-0.15, -0.1) is 0 Å². The Morgan fingerprint density at radius 2 is 1.38 bits per heavy atom. The van der Waals surface area contributed by atoms with Crippen molar-refractivity contribution in [2.75, 3.05) is 41.6 Å². The van der Waals surface area contributed by atoms with Crippen LogP contribution in [0.4, 0.5) is 27.5 Å². The number of anilines is 4. The van der Waals surface area contributed by atoms with Crippen LogP contribution in [-0.2, 0) is 11.2 Å². The van der Waals surface area contributed by atoms with Gasteiger partial charge in [0.15, 0.2) is 5.78 Å². The molecule has 5 rings (SSSR count). The van der Waals surface area contributed by atoms with E-state index in [0.717, 1.165) is 28.1 Å². The molecule has 0 saturated carbocycles. The second-order valence-electron chi connectivity index (χ2n) is 12.0. The molecule has 0 aliphatic rings. The number of amides is 2. The zero-order valence-electron chi connectivity index (χ0n) is 27.6. The fourth-order valence-corrected chi connectivity index (χ4v) is 5.56. The van der Waals surface area contributed by atoms with E-state index in [0.29, 0.717) is 22.5 Å². The lowest BCUT2D eigenvalue weighted by atomic mass is 9.86. The highest BCUT2D eigenvalue weighted by Crippen LogP contribution is 2.30. The van der Waals surface area contributed by atoms with Gasteiger partial charge in [0.2, 0.25) is 0 Å². The Balaban J connectivity index is 1.32. The lowest BCUT2D eigenvalue weighted by Gasteiger charge is -2.31. The van der Waals surface area contributed by atoms with Gasteiger partial charge >= 0.3 is 12.0 Å². The van der Waals surface area contributed by atoms with Crippen molar-refractivity contribution in [2.24, 2.45) is 0 Å². The van der Waals surface area contributed by atoms with E-state index >= 15 is 0 Å². The van der Waals surface area contributed by atoms with Crippen molar-refractivity contribution in [1.82, 2.24) is 0 Å². The minimum absolute atomic E-state index is 0.178. The summed E-state index contributed by atoms with van der Waals surface area (Å²) >= 11 is 0. The molecule has 0 bridgehead atoms. The van der Waals surface area contributed by atoms with Crippen molar-refractivity contribution in [1.29, 1.82) is 0 Å². The van der Waals surface area contributed by atoms with Crippen molar-refractivity contribution >= 4 is 40.5 Å². The first-order chi connectivity index (χ1) is 23.1. The highest BCUT2D eigenvalue weighted by molar-refractivity contribution is 6.12. The normalized spacial score (nSPS) is 12.0. The van der Waals surface area contributed by atoms with E-state index in [-0.39, 0.29) is 24.7 Å². The van der Waals surface area contributed by atoms with Crippen molar-refractivity contribution in [3.63, 3.8) is 0 Å². The molecule has 0 heterocycles. The maximum atomic E-state index is 13.3. The zero-order chi connectivity index (χ0) is 34.3. The lowest BCUT2D eigenvalue weighted by Crippen LogP contribution is -2.48. The summed E-state index contributed by atoms with van der Waals surface area (Å²) in [5.74, 6) is -1.18. The Morgan fingerprint density at radius 3 is 2.02 bits per heavy atom. The smallest absolute Gasteiger partial charge is 0.329 e. The number of carbonyl (C=O) groups is 3. The minimum Gasteiger partial charge on any atom is -0.479 e. The molecule has 5 aromatic rings. The monoisotopic (exact) mass is 640 g/mol. The number of aliphatic carboxylic acids is 1. The first kappa shape index (κ1) is 33.5. The summed E-state index contributed by atoms with van der Waals surface area (Å²) in [7, 11) is 5.65. The first-order valence-corrected chi connectivity index (χ1v) is 15.8. The van der Waals surface area contributed by atoms with Gasteiger partial charge in [0.1, 0.15) is 5.54 Å². The van der Waals surface area contributed by atoms with Crippen molar-refractivity contribution in [2.45, 2.75) is 25.3 Å². The molecule has 2 amide bonds. The van der Waals surface area contributed by atoms with Gasteiger partial charge in [-0.25, -0.2) is 9.59 Å². The number of nitrogens with one attached hydrogen (secondary N) is 2. The van der Waals surface area contributed by atoms with Crippen LogP contribution < -0.4 is 20.4 Å². The fourth-order valence-electron chi connectivity index (χ4n) is 5.56. The predicted molar refractivity (Wildman–Crippen MR) is 194 cm³/mol. The molecule has 8 nitrogen and oxygen atoms in total. The van der Waals surface area contributed by atoms with Crippen LogP contribution in [0.1, 0.15) is 34.8 Å². The minimum atomic E-state index is -1.35.